The molecule has 0 atom stereocenters. The first-order chi connectivity index (χ1) is 8.16. The number of hydrogen-bond acceptors (Lipinski definition) is 3. The number of carbonyl (C=O) groups excluding carboxylic acids is 2. The predicted octanol–water partition coefficient (Wildman–Crippen LogP) is 1.91. The number of nitrogens with two attached hydrogens (primary N) is 1. The Balaban J connectivity index is 1.93. The normalized spacial score (nSPS) is 15.8. The molecule has 5 nitrogen and oxygen atoms in total. The number of thiophene rings is 1. The molecule has 0 saturated heterocycles. The lowest BCUT2D eigenvalue weighted by Gasteiger charge is -2.12. The summed E-state index contributed by atoms with van der Waals surface area (Å²) >= 11 is 1.29. The number of amides is 3. The van der Waals surface area contributed by atoms with Crippen molar-refractivity contribution in [3.63, 3.8) is 0 Å². The van der Waals surface area contributed by atoms with Crippen molar-refractivity contribution in [2.24, 2.45) is 5.73 Å². The number of hydrogen-bond donors (Lipinski definition) is 3. The highest BCUT2D eigenvalue weighted by atomic mass is 32.1. The maximum Gasteiger partial charge on any atom is 0.320 e. The molecule has 92 valence electrons. The highest BCUT2D eigenvalue weighted by Crippen LogP contribution is 2.23. The topological polar surface area (TPSA) is 84.2 Å². The van der Waals surface area contributed by atoms with Crippen molar-refractivity contribution in [3.8, 4) is 0 Å². The average molecular weight is 253 g/mol. The number of nitrogens with one attached hydrogen (secondary N) is 2. The molecule has 6 heteroatoms. The molecule has 1 saturated carbocycles. The van der Waals surface area contributed by atoms with Gasteiger partial charge in [0.1, 0.15) is 5.00 Å². The van der Waals surface area contributed by atoms with E-state index in [1.165, 1.54) is 11.3 Å². The van der Waals surface area contributed by atoms with E-state index in [1.807, 2.05) is 0 Å². The van der Waals surface area contributed by atoms with Crippen molar-refractivity contribution in [1.29, 1.82) is 0 Å². The highest BCUT2D eigenvalue weighted by molar-refractivity contribution is 7.14. The maximum atomic E-state index is 11.7. The lowest BCUT2D eigenvalue weighted by Crippen LogP contribution is -2.36. The lowest BCUT2D eigenvalue weighted by atomic mass is 10.2. The third-order valence-corrected chi connectivity index (χ3v) is 3.68. The van der Waals surface area contributed by atoms with Crippen molar-refractivity contribution in [3.05, 3.63) is 17.0 Å². The summed E-state index contributed by atoms with van der Waals surface area (Å²) in [5, 5.41) is 7.79. The van der Waals surface area contributed by atoms with Gasteiger partial charge in [-0.1, -0.05) is 12.8 Å². The fraction of sp³-hybridized carbons (Fsp3) is 0.455. The fourth-order valence-corrected chi connectivity index (χ4v) is 2.78. The van der Waals surface area contributed by atoms with Gasteiger partial charge in [-0.25, -0.2) is 4.79 Å². The lowest BCUT2D eigenvalue weighted by molar-refractivity contribution is 0.100. The number of urea groups is 1. The Bertz CT molecular complexity index is 424. The van der Waals surface area contributed by atoms with E-state index in [0.29, 0.717) is 10.6 Å². The van der Waals surface area contributed by atoms with Gasteiger partial charge in [-0.2, -0.15) is 0 Å². The van der Waals surface area contributed by atoms with Crippen molar-refractivity contribution >= 4 is 28.3 Å². The summed E-state index contributed by atoms with van der Waals surface area (Å²) in [7, 11) is 0. The molecule has 0 unspecified atom stereocenters. The Morgan fingerprint density at radius 1 is 1.35 bits per heavy atom. The van der Waals surface area contributed by atoms with Crippen LogP contribution in [0.15, 0.2) is 11.4 Å². The largest absolute Gasteiger partial charge is 0.366 e. The SMILES string of the molecule is NC(=O)c1ccsc1NC(=O)NC1CCCC1. The van der Waals surface area contributed by atoms with Gasteiger partial charge in [0.15, 0.2) is 0 Å². The van der Waals surface area contributed by atoms with Crippen LogP contribution in [0.5, 0.6) is 0 Å². The molecular formula is C11H15N3O2S. The minimum absolute atomic E-state index is 0.256. The second-order valence-corrected chi connectivity index (χ2v) is 5.02. The van der Waals surface area contributed by atoms with Crippen LogP contribution in [-0.2, 0) is 0 Å². The van der Waals surface area contributed by atoms with E-state index >= 15 is 0 Å². The molecule has 0 aromatic carbocycles. The maximum absolute atomic E-state index is 11.7. The third kappa shape index (κ3) is 2.97. The summed E-state index contributed by atoms with van der Waals surface area (Å²) in [5.41, 5.74) is 5.55. The third-order valence-electron chi connectivity index (χ3n) is 2.85. The monoisotopic (exact) mass is 253 g/mol. The van der Waals surface area contributed by atoms with Crippen molar-refractivity contribution in [2.45, 2.75) is 31.7 Å². The van der Waals surface area contributed by atoms with E-state index in [1.54, 1.807) is 11.4 Å². The summed E-state index contributed by atoms with van der Waals surface area (Å²) in [5.74, 6) is -0.526. The first-order valence-electron chi connectivity index (χ1n) is 5.61. The molecule has 1 heterocycles. The Morgan fingerprint density at radius 2 is 2.06 bits per heavy atom. The summed E-state index contributed by atoms with van der Waals surface area (Å²) in [6.07, 6.45) is 4.38. The number of carbonyl (C=O) groups is 2. The number of rotatable bonds is 3. The predicted molar refractivity (Wildman–Crippen MR) is 67.2 cm³/mol. The van der Waals surface area contributed by atoms with E-state index in [0.717, 1.165) is 25.7 Å². The molecule has 0 bridgehead atoms. The Morgan fingerprint density at radius 3 is 2.71 bits per heavy atom. The molecule has 17 heavy (non-hydrogen) atoms. The molecule has 1 aromatic rings. The molecule has 0 aliphatic heterocycles. The molecule has 2 rings (SSSR count). The van der Waals surface area contributed by atoms with Gasteiger partial charge < -0.3 is 11.1 Å². The van der Waals surface area contributed by atoms with Gasteiger partial charge in [-0.15, -0.1) is 11.3 Å². The van der Waals surface area contributed by atoms with Gasteiger partial charge in [0.2, 0.25) is 0 Å². The zero-order valence-electron chi connectivity index (χ0n) is 9.36. The summed E-state index contributed by atoms with van der Waals surface area (Å²) in [6, 6.07) is 1.60. The fourth-order valence-electron chi connectivity index (χ4n) is 1.99. The molecule has 1 aromatic heterocycles. The summed E-state index contributed by atoms with van der Waals surface area (Å²) < 4.78 is 0. The molecule has 0 radical (unpaired) electrons. The molecular weight excluding hydrogens is 238 g/mol. The second-order valence-electron chi connectivity index (χ2n) is 4.11. The van der Waals surface area contributed by atoms with Crippen LogP contribution in [0, 0.1) is 0 Å². The van der Waals surface area contributed by atoms with Gasteiger partial charge in [0.05, 0.1) is 5.56 Å². The van der Waals surface area contributed by atoms with Crippen LogP contribution in [0.4, 0.5) is 9.80 Å². The van der Waals surface area contributed by atoms with E-state index < -0.39 is 5.91 Å². The Kier molecular flexibility index (Phi) is 3.63. The van der Waals surface area contributed by atoms with Crippen LogP contribution < -0.4 is 16.4 Å². The first kappa shape index (κ1) is 11.9. The smallest absolute Gasteiger partial charge is 0.320 e. The van der Waals surface area contributed by atoms with Crippen LogP contribution in [0.2, 0.25) is 0 Å². The molecule has 1 aliphatic carbocycles. The molecule has 4 N–H and O–H groups in total. The molecule has 3 amide bonds. The second kappa shape index (κ2) is 5.18. The van der Waals surface area contributed by atoms with Gasteiger partial charge in [0.25, 0.3) is 5.91 Å². The minimum Gasteiger partial charge on any atom is -0.366 e. The zero-order valence-corrected chi connectivity index (χ0v) is 10.2. The van der Waals surface area contributed by atoms with Crippen LogP contribution in [-0.4, -0.2) is 18.0 Å². The Labute approximate surface area is 103 Å². The van der Waals surface area contributed by atoms with Crippen molar-refractivity contribution in [2.75, 3.05) is 5.32 Å². The first-order valence-corrected chi connectivity index (χ1v) is 6.49. The van der Waals surface area contributed by atoms with Gasteiger partial charge in [-0.3, -0.25) is 10.1 Å². The number of primary amides is 1. The quantitative estimate of drug-likeness (QED) is 0.768. The highest BCUT2D eigenvalue weighted by Gasteiger charge is 2.18. The van der Waals surface area contributed by atoms with E-state index in [4.69, 9.17) is 5.73 Å². The van der Waals surface area contributed by atoms with Crippen molar-refractivity contribution < 1.29 is 9.59 Å². The van der Waals surface area contributed by atoms with Gasteiger partial charge in [0, 0.05) is 6.04 Å². The molecule has 0 spiro atoms. The molecule has 1 fully saturated rings. The van der Waals surface area contributed by atoms with Crippen LogP contribution in [0.1, 0.15) is 36.0 Å². The van der Waals surface area contributed by atoms with Crippen LogP contribution >= 0.6 is 11.3 Å². The van der Waals surface area contributed by atoms with E-state index in [2.05, 4.69) is 10.6 Å². The molecule has 1 aliphatic rings. The van der Waals surface area contributed by atoms with Gasteiger partial charge >= 0.3 is 6.03 Å². The van der Waals surface area contributed by atoms with Gasteiger partial charge in [-0.05, 0) is 24.3 Å². The van der Waals surface area contributed by atoms with E-state index in [9.17, 15) is 9.59 Å². The Hall–Kier alpha value is -1.56. The summed E-state index contributed by atoms with van der Waals surface area (Å²) in [6.45, 7) is 0. The van der Waals surface area contributed by atoms with E-state index in [-0.39, 0.29) is 12.1 Å². The summed E-state index contributed by atoms with van der Waals surface area (Å²) in [4.78, 5) is 22.7. The number of anilines is 1. The average Bonchev–Trinajstić information content (AvgIpc) is 2.88. The van der Waals surface area contributed by atoms with Crippen LogP contribution in [0.3, 0.4) is 0 Å². The van der Waals surface area contributed by atoms with Crippen LogP contribution in [0.25, 0.3) is 0 Å². The van der Waals surface area contributed by atoms with Crippen molar-refractivity contribution in [1.82, 2.24) is 5.32 Å². The standard InChI is InChI=1S/C11H15N3O2S/c12-9(15)8-5-6-17-10(8)14-11(16)13-7-3-1-2-4-7/h5-7H,1-4H2,(H2,12,15)(H2,13,14,16). The zero-order chi connectivity index (χ0) is 12.3. The minimum atomic E-state index is -0.526.